The molecule has 3 aromatic carbocycles. The van der Waals surface area contributed by atoms with E-state index in [1.165, 1.54) is 50.2 Å². The number of aryl methyl sites for hydroxylation is 1. The largest absolute Gasteiger partial charge is 0.507 e. The second-order valence-corrected chi connectivity index (χ2v) is 20.7. The Kier molecular flexibility index (Phi) is 17.2. The van der Waals surface area contributed by atoms with Crippen molar-refractivity contribution in [1.82, 2.24) is 24.9 Å². The van der Waals surface area contributed by atoms with Crippen LogP contribution in [-0.4, -0.2) is 141 Å². The van der Waals surface area contributed by atoms with Gasteiger partial charge in [0.05, 0.1) is 17.2 Å². The average Bonchev–Trinajstić information content (AvgIpc) is 3.63. The number of hydrogen-bond donors (Lipinski definition) is 12. The van der Waals surface area contributed by atoms with Crippen LogP contribution in [-0.2, 0) is 47.6 Å². The van der Waals surface area contributed by atoms with Crippen molar-refractivity contribution in [1.29, 1.82) is 0 Å². The number of hydrogen-bond acceptors (Lipinski definition) is 19. The molecule has 2 heterocycles. The van der Waals surface area contributed by atoms with Crippen molar-refractivity contribution in [2.75, 3.05) is 45.6 Å². The summed E-state index contributed by atoms with van der Waals surface area (Å²) in [5.74, 6) is -10.1. The normalized spacial score (nSPS) is 18.8. The lowest BCUT2D eigenvalue weighted by atomic mass is 9.86. The van der Waals surface area contributed by atoms with Gasteiger partial charge in [-0.1, -0.05) is 26.8 Å². The number of nitrogens with zero attached hydrogens (tertiary/aromatic N) is 3. The minimum atomic E-state index is -4.55. The number of nitrogens with two attached hydrogens (primary N) is 4. The summed E-state index contributed by atoms with van der Waals surface area (Å²) < 4.78 is 38.5. The molecule has 2 aliphatic rings. The predicted molar refractivity (Wildman–Crippen MR) is 267 cm³/mol. The van der Waals surface area contributed by atoms with Gasteiger partial charge >= 0.3 is 5.97 Å². The summed E-state index contributed by atoms with van der Waals surface area (Å²) in [6.07, 6.45) is -2.96. The van der Waals surface area contributed by atoms with Gasteiger partial charge < -0.3 is 67.5 Å². The summed E-state index contributed by atoms with van der Waals surface area (Å²) in [6, 6.07) is 5.07. The number of likely N-dealkylation sites (N-methyl/N-ethyl adjacent to an activating group) is 1. The molecule has 0 unspecified atom stereocenters. The van der Waals surface area contributed by atoms with Crippen LogP contribution in [0.1, 0.15) is 84.4 Å². The van der Waals surface area contributed by atoms with Gasteiger partial charge in [0.2, 0.25) is 11.8 Å². The molecular formula is C49H63N9O15S. The number of aliphatic hydroxyl groups excluding tert-OH is 2. The lowest BCUT2D eigenvalue weighted by molar-refractivity contribution is -0.143. The lowest BCUT2D eigenvalue weighted by Crippen LogP contribution is -2.46. The van der Waals surface area contributed by atoms with Gasteiger partial charge in [-0.05, 0) is 77.8 Å². The number of rotatable bonds is 18. The molecule has 4 aromatic rings. The molecule has 1 aliphatic heterocycles. The number of benzene rings is 3. The fourth-order valence-corrected chi connectivity index (χ4v) is 9.57. The third-order valence-corrected chi connectivity index (χ3v) is 13.8. The second kappa shape index (κ2) is 22.6. The van der Waals surface area contributed by atoms with Gasteiger partial charge in [0.1, 0.15) is 66.1 Å². The summed E-state index contributed by atoms with van der Waals surface area (Å²) in [5.41, 5.74) is 18.4. The summed E-state index contributed by atoms with van der Waals surface area (Å²) in [6.45, 7) is 4.57. The number of phenols is 3. The van der Waals surface area contributed by atoms with E-state index in [4.69, 9.17) is 31.8 Å². The Morgan fingerprint density at radius 2 is 1.59 bits per heavy atom. The highest BCUT2D eigenvalue weighted by Crippen LogP contribution is 2.50. The van der Waals surface area contributed by atoms with Crippen LogP contribution >= 0.6 is 0 Å². The number of nitrogen functional groups attached to an aromatic ring is 1. The van der Waals surface area contributed by atoms with E-state index >= 15 is 4.79 Å². The van der Waals surface area contributed by atoms with Crippen molar-refractivity contribution in [2.45, 2.75) is 89.5 Å². The number of nitrogens with one attached hydrogen (secondary N) is 2. The number of aliphatic carboxylic acids is 1. The molecule has 0 saturated carbocycles. The number of phenolic OH excluding ortho intramolecular Hbond substituents is 3. The second-order valence-electron chi connectivity index (χ2n) is 19.3. The number of aliphatic hydroxyl groups is 2. The van der Waals surface area contributed by atoms with Crippen LogP contribution < -0.4 is 41.9 Å². The van der Waals surface area contributed by atoms with Crippen LogP contribution in [0.2, 0.25) is 0 Å². The van der Waals surface area contributed by atoms with Gasteiger partial charge in [-0.3, -0.25) is 19.2 Å². The number of ether oxygens (including phenoxy) is 2. The minimum Gasteiger partial charge on any atom is -0.507 e. The van der Waals surface area contributed by atoms with Crippen LogP contribution in [0.25, 0.3) is 22.5 Å². The first-order valence-corrected chi connectivity index (χ1v) is 25.1. The highest BCUT2D eigenvalue weighted by atomic mass is 32.2. The maximum Gasteiger partial charge on any atom is 0.326 e. The molecule has 2 amide bonds. The number of carboxylic acids is 1. The summed E-state index contributed by atoms with van der Waals surface area (Å²) in [4.78, 5) is 80.0. The molecule has 0 spiro atoms. The van der Waals surface area contributed by atoms with Gasteiger partial charge in [-0.2, -0.15) is 8.42 Å². The SMILES string of the molecule is Cc1nc(-c2c(O)cc3c(c2O)CCC3(C)C)nc(N)c1C(=O)C[C@@H](CNS(N)(=O)=O)C(=O)N(C)[C@@H]1C(=O)C[C@@H](C)C(=O)N[C@H](C(=O)O)Cc2ccc(OC[C@H](O)CN)c(c2)-c2cc1cc(OC[C@H](O)CN)c2O. The van der Waals surface area contributed by atoms with Crippen LogP contribution in [0.15, 0.2) is 36.4 Å². The molecule has 1 aliphatic carbocycles. The number of ketones is 2. The number of anilines is 1. The van der Waals surface area contributed by atoms with E-state index in [2.05, 4.69) is 15.3 Å². The Balaban J connectivity index is 1.48. The van der Waals surface area contributed by atoms with Gasteiger partial charge in [0, 0.05) is 63.0 Å². The number of carbonyl (C=O) groups excluding carboxylic acids is 4. The number of aromatic nitrogens is 2. The maximum atomic E-state index is 15.0. The number of amides is 2. The van der Waals surface area contributed by atoms with Crippen LogP contribution in [0, 0.1) is 18.8 Å². The van der Waals surface area contributed by atoms with Crippen molar-refractivity contribution in [2.24, 2.45) is 28.4 Å². The fraction of sp³-hybridized carbons (Fsp3) is 0.449. The highest BCUT2D eigenvalue weighted by molar-refractivity contribution is 7.87. The number of aromatic hydroxyl groups is 3. The number of carboxylic acid groups (broad SMARTS) is 1. The summed E-state index contributed by atoms with van der Waals surface area (Å²) >= 11 is 0. The first kappa shape index (κ1) is 56.3. The first-order valence-electron chi connectivity index (χ1n) is 23.5. The van der Waals surface area contributed by atoms with Gasteiger partial charge in [-0.25, -0.2) is 24.6 Å². The van der Waals surface area contributed by atoms with E-state index in [1.807, 2.05) is 18.6 Å². The molecule has 4 bridgehead atoms. The summed E-state index contributed by atoms with van der Waals surface area (Å²) in [7, 11) is -3.38. The van der Waals surface area contributed by atoms with Gasteiger partial charge in [0.15, 0.2) is 28.9 Å². The molecule has 6 rings (SSSR count). The molecule has 0 fully saturated rings. The van der Waals surface area contributed by atoms with Gasteiger partial charge in [-0.15, -0.1) is 0 Å². The molecule has 1 aromatic heterocycles. The van der Waals surface area contributed by atoms with E-state index in [0.29, 0.717) is 24.0 Å². The summed E-state index contributed by atoms with van der Waals surface area (Å²) in [5, 5.41) is 73.1. The van der Waals surface area contributed by atoms with Gasteiger partial charge in [0.25, 0.3) is 10.2 Å². The Hall–Kier alpha value is -7.00. The van der Waals surface area contributed by atoms with E-state index in [1.54, 1.807) is 0 Å². The third kappa shape index (κ3) is 12.5. The Morgan fingerprint density at radius 1 is 0.946 bits per heavy atom. The molecule has 6 atom stereocenters. The predicted octanol–water partition coefficient (Wildman–Crippen LogP) is 0.341. The molecule has 0 saturated heterocycles. The van der Waals surface area contributed by atoms with E-state index < -0.39 is 113 Å². The molecule has 0 radical (unpaired) electrons. The van der Waals surface area contributed by atoms with Crippen molar-refractivity contribution >= 4 is 45.4 Å². The number of carbonyl (C=O) groups is 5. The Labute approximate surface area is 426 Å². The zero-order chi connectivity index (χ0) is 54.7. The molecule has 24 nitrogen and oxygen atoms in total. The van der Waals surface area contributed by atoms with Crippen LogP contribution in [0.4, 0.5) is 5.82 Å². The van der Waals surface area contributed by atoms with E-state index in [9.17, 15) is 58.2 Å². The maximum absolute atomic E-state index is 15.0. The zero-order valence-corrected chi connectivity index (χ0v) is 42.2. The average molecular weight is 1050 g/mol. The molecule has 400 valence electrons. The standard InChI is InChI=1S/C49H63N9O15S/c1-22-10-36(63)41(25-13-31(42(64)38(15-25)73-21-28(60)18-51)30-11-24(12-33(48(68)69)56-46(22)66)6-7-37(30)72-20-27(59)17-50)58(5)47(67)26(19-54-74(53,70)71)14-34(61)39-23(2)55-45(57-44(39)52)40-35(62)16-32-29(43(40)65)8-9-49(32,3)4/h6-7,11,13,15-16,22,26-28,33,41,54,59-60,62,64-65H,8-10,12,14,17-21,50-51H2,1-5H3,(H,56,66)(H,68,69)(H2,52,55,57)(H2,53,70,71)/t22-,26+,27-,28-,33+,41+/m1/s1. The zero-order valence-electron chi connectivity index (χ0n) is 41.4. The topological polar surface area (TPSA) is 416 Å². The molecule has 74 heavy (non-hydrogen) atoms. The first-order chi connectivity index (χ1) is 34.7. The lowest BCUT2D eigenvalue weighted by Gasteiger charge is -2.32. The van der Waals surface area contributed by atoms with E-state index in [0.717, 1.165) is 17.5 Å². The van der Waals surface area contributed by atoms with Crippen molar-refractivity contribution in [3.8, 4) is 51.3 Å². The minimum absolute atomic E-state index is 0.00900. The smallest absolute Gasteiger partial charge is 0.326 e. The van der Waals surface area contributed by atoms with Crippen LogP contribution in [0.3, 0.4) is 0 Å². The Morgan fingerprint density at radius 3 is 2.20 bits per heavy atom. The van der Waals surface area contributed by atoms with Crippen molar-refractivity contribution in [3.05, 3.63) is 69.9 Å². The monoisotopic (exact) mass is 1050 g/mol. The van der Waals surface area contributed by atoms with E-state index in [-0.39, 0.29) is 93.9 Å². The van der Waals surface area contributed by atoms with Crippen molar-refractivity contribution < 1.29 is 72.5 Å². The quantitative estimate of drug-likeness (QED) is 0.0598. The van der Waals surface area contributed by atoms with Crippen molar-refractivity contribution in [3.63, 3.8) is 0 Å². The Bertz CT molecular complexity index is 2950. The molecular weight excluding hydrogens is 987 g/mol. The third-order valence-electron chi connectivity index (χ3n) is 13.2. The van der Waals surface area contributed by atoms with Crippen LogP contribution in [0.5, 0.6) is 28.7 Å². The number of fused-ring (bicyclic) bond motifs is 6. The highest BCUT2D eigenvalue weighted by Gasteiger charge is 2.39. The molecule has 25 heteroatoms. The molecule has 16 N–H and O–H groups in total. The fourth-order valence-electron chi connectivity index (χ4n) is 9.13. The number of Topliss-reactive ketones (excluding diaryl/α,β-unsaturated/α-hetero) is 2.